The zero-order valence-electron chi connectivity index (χ0n) is 15.6. The molecule has 0 amide bonds. The van der Waals surface area contributed by atoms with Gasteiger partial charge in [-0.1, -0.05) is 26.0 Å². The Morgan fingerprint density at radius 3 is 2.72 bits per heavy atom. The fourth-order valence-electron chi connectivity index (χ4n) is 8.34. The maximum absolute atomic E-state index is 12.3. The zero-order valence-corrected chi connectivity index (χ0v) is 15.6. The molecule has 5 aliphatic carbocycles. The van der Waals surface area contributed by atoms with Gasteiger partial charge in [0.05, 0.1) is 5.60 Å². The summed E-state index contributed by atoms with van der Waals surface area (Å²) in [6.07, 6.45) is 15.8. The van der Waals surface area contributed by atoms with E-state index < -0.39 is 0 Å². The van der Waals surface area contributed by atoms with E-state index in [0.717, 1.165) is 24.9 Å². The molecule has 0 N–H and O–H groups in total. The topological polar surface area (TPSA) is 26.3 Å². The number of ether oxygens (including phenoxy) is 1. The van der Waals surface area contributed by atoms with E-state index in [1.165, 1.54) is 44.1 Å². The first kappa shape index (κ1) is 15.2. The molecule has 0 unspecified atom stereocenters. The molecule has 0 bridgehead atoms. The van der Waals surface area contributed by atoms with Gasteiger partial charge in [0.15, 0.2) is 5.78 Å². The van der Waals surface area contributed by atoms with Crippen LogP contribution in [0.4, 0.5) is 0 Å². The van der Waals surface area contributed by atoms with Crippen LogP contribution in [0.3, 0.4) is 0 Å². The molecule has 0 aromatic rings. The number of carbonyl (C=O) groups is 1. The van der Waals surface area contributed by atoms with E-state index in [1.807, 2.05) is 6.08 Å². The van der Waals surface area contributed by atoms with Crippen LogP contribution < -0.4 is 0 Å². The second kappa shape index (κ2) is 4.50. The van der Waals surface area contributed by atoms with Crippen molar-refractivity contribution in [2.45, 2.75) is 64.4 Å². The van der Waals surface area contributed by atoms with Crippen molar-refractivity contribution in [2.24, 2.45) is 40.4 Å². The first-order valence-corrected chi connectivity index (χ1v) is 10.6. The Balaban J connectivity index is 1.42. The lowest BCUT2D eigenvalue weighted by Crippen LogP contribution is -2.54. The number of fused-ring (bicyclic) bond motifs is 8. The number of hydrogen-bond donors (Lipinski definition) is 0. The lowest BCUT2D eigenvalue weighted by atomic mass is 9.47. The quantitative estimate of drug-likeness (QED) is 0.640. The van der Waals surface area contributed by atoms with Gasteiger partial charge in [0, 0.05) is 12.5 Å². The van der Waals surface area contributed by atoms with Crippen molar-refractivity contribution in [3.8, 4) is 0 Å². The van der Waals surface area contributed by atoms with Crippen molar-refractivity contribution in [1.29, 1.82) is 0 Å². The van der Waals surface area contributed by atoms with Crippen LogP contribution in [0.15, 0.2) is 23.8 Å². The van der Waals surface area contributed by atoms with Gasteiger partial charge >= 0.3 is 0 Å². The summed E-state index contributed by atoms with van der Waals surface area (Å²) in [6, 6.07) is 0. The van der Waals surface area contributed by atoms with Crippen molar-refractivity contribution < 1.29 is 9.53 Å². The smallest absolute Gasteiger partial charge is 0.159 e. The molecule has 0 radical (unpaired) electrons. The Bertz CT molecular complexity index is 712. The normalized spacial score (nSPS) is 58.4. The van der Waals surface area contributed by atoms with Gasteiger partial charge in [-0.25, -0.2) is 0 Å². The molecule has 2 nitrogen and oxygen atoms in total. The molecule has 8 atom stereocenters. The van der Waals surface area contributed by atoms with Gasteiger partial charge in [-0.15, -0.1) is 0 Å². The van der Waals surface area contributed by atoms with Gasteiger partial charge in [-0.2, -0.15) is 0 Å². The highest BCUT2D eigenvalue weighted by Gasteiger charge is 2.68. The van der Waals surface area contributed by atoms with Gasteiger partial charge in [0.1, 0.15) is 0 Å². The van der Waals surface area contributed by atoms with Crippen molar-refractivity contribution in [2.75, 3.05) is 6.61 Å². The molecule has 1 aliphatic heterocycles. The molecule has 6 rings (SSSR count). The SMILES string of the molecule is C[C@@]12C(=CC(=O)[C@@H]3C[C@@H]31)C=C[C@@H]1[C@@H]2CC[C@@]2(C)[C@H]1CC[C@@]21CCCO1. The molecule has 2 heteroatoms. The third kappa shape index (κ3) is 1.60. The van der Waals surface area contributed by atoms with Crippen LogP contribution in [0.25, 0.3) is 0 Å². The third-order valence-electron chi connectivity index (χ3n) is 9.84. The number of allylic oxidation sites excluding steroid dienone is 4. The van der Waals surface area contributed by atoms with Crippen LogP contribution in [0.1, 0.15) is 58.8 Å². The molecule has 3 saturated carbocycles. The van der Waals surface area contributed by atoms with Gasteiger partial charge in [-0.05, 0) is 91.1 Å². The van der Waals surface area contributed by atoms with E-state index in [0.29, 0.717) is 29.0 Å². The van der Waals surface area contributed by atoms with Crippen LogP contribution in [0.5, 0.6) is 0 Å². The predicted molar refractivity (Wildman–Crippen MR) is 96.9 cm³/mol. The van der Waals surface area contributed by atoms with Crippen LogP contribution in [0.2, 0.25) is 0 Å². The largest absolute Gasteiger partial charge is 0.374 e. The minimum Gasteiger partial charge on any atom is -0.374 e. The van der Waals surface area contributed by atoms with Crippen molar-refractivity contribution in [1.82, 2.24) is 0 Å². The lowest BCUT2D eigenvalue weighted by Gasteiger charge is -2.57. The summed E-state index contributed by atoms with van der Waals surface area (Å²) in [6.45, 7) is 6.03. The zero-order chi connectivity index (χ0) is 17.0. The number of rotatable bonds is 0. The maximum atomic E-state index is 12.3. The van der Waals surface area contributed by atoms with Gasteiger partial charge < -0.3 is 4.74 Å². The predicted octanol–water partition coefficient (Wildman–Crippen LogP) is 4.70. The van der Waals surface area contributed by atoms with Gasteiger partial charge in [0.25, 0.3) is 0 Å². The molecule has 0 aromatic heterocycles. The number of ketones is 1. The first-order chi connectivity index (χ1) is 12.0. The van der Waals surface area contributed by atoms with Gasteiger partial charge in [-0.3, -0.25) is 4.79 Å². The fraction of sp³-hybridized carbons (Fsp3) is 0.783. The summed E-state index contributed by atoms with van der Waals surface area (Å²) in [5, 5.41) is 0. The van der Waals surface area contributed by atoms with Crippen LogP contribution in [-0.2, 0) is 9.53 Å². The molecule has 1 heterocycles. The summed E-state index contributed by atoms with van der Waals surface area (Å²) in [5.41, 5.74) is 2.15. The fourth-order valence-corrected chi connectivity index (χ4v) is 8.34. The van der Waals surface area contributed by atoms with Crippen LogP contribution >= 0.6 is 0 Å². The number of carbonyl (C=O) groups excluding carboxylic acids is 1. The molecule has 1 spiro atoms. The van der Waals surface area contributed by atoms with E-state index in [-0.39, 0.29) is 11.0 Å². The molecule has 134 valence electrons. The minimum absolute atomic E-state index is 0.179. The summed E-state index contributed by atoms with van der Waals surface area (Å²) >= 11 is 0. The van der Waals surface area contributed by atoms with Crippen LogP contribution in [0, 0.1) is 40.4 Å². The minimum atomic E-state index is 0.179. The molecule has 6 aliphatic rings. The maximum Gasteiger partial charge on any atom is 0.159 e. The molecule has 0 aromatic carbocycles. The Labute approximate surface area is 151 Å². The van der Waals surface area contributed by atoms with E-state index in [9.17, 15) is 4.79 Å². The highest BCUT2D eigenvalue weighted by Crippen LogP contribution is 2.72. The lowest BCUT2D eigenvalue weighted by molar-refractivity contribution is -0.126. The Kier molecular flexibility index (Phi) is 2.73. The average Bonchev–Trinajstić information content (AvgIpc) is 3.20. The van der Waals surface area contributed by atoms with Crippen LogP contribution in [-0.4, -0.2) is 18.0 Å². The highest BCUT2D eigenvalue weighted by molar-refractivity contribution is 5.97. The summed E-state index contributed by atoms with van der Waals surface area (Å²) in [4.78, 5) is 12.3. The second-order valence-corrected chi connectivity index (χ2v) is 10.3. The number of hydrogen-bond acceptors (Lipinski definition) is 2. The van der Waals surface area contributed by atoms with Crippen molar-refractivity contribution in [3.05, 3.63) is 23.8 Å². The van der Waals surface area contributed by atoms with Gasteiger partial charge in [0.2, 0.25) is 0 Å². The summed E-state index contributed by atoms with van der Waals surface area (Å²) < 4.78 is 6.45. The Hall–Kier alpha value is -0.890. The van der Waals surface area contributed by atoms with E-state index in [2.05, 4.69) is 26.0 Å². The molecular weight excluding hydrogens is 308 g/mol. The molecule has 1 saturated heterocycles. The highest BCUT2D eigenvalue weighted by atomic mass is 16.5. The standard InChI is InChI=1S/C23H30O2/c1-21-9-6-18-15(17(21)7-10-23(21)8-3-11-25-23)5-4-14-12-20(24)16-13-19(16)22(14,18)2/h4-5,12,15-19H,3,6-11,13H2,1-2H3/t15-,16+,17-,18-,19-,21-,22-,23-/m0/s1. The van der Waals surface area contributed by atoms with Crippen molar-refractivity contribution in [3.63, 3.8) is 0 Å². The van der Waals surface area contributed by atoms with E-state index in [4.69, 9.17) is 4.74 Å². The van der Waals surface area contributed by atoms with Crippen molar-refractivity contribution >= 4 is 5.78 Å². The third-order valence-corrected chi connectivity index (χ3v) is 9.84. The summed E-state index contributed by atoms with van der Waals surface area (Å²) in [7, 11) is 0. The van der Waals surface area contributed by atoms with E-state index >= 15 is 0 Å². The monoisotopic (exact) mass is 338 g/mol. The molecule has 4 fully saturated rings. The van der Waals surface area contributed by atoms with E-state index in [1.54, 1.807) is 0 Å². The summed E-state index contributed by atoms with van der Waals surface area (Å²) in [5.74, 6) is 3.58. The Morgan fingerprint density at radius 2 is 1.92 bits per heavy atom. The Morgan fingerprint density at radius 1 is 1.08 bits per heavy atom. The second-order valence-electron chi connectivity index (χ2n) is 10.3. The first-order valence-electron chi connectivity index (χ1n) is 10.6. The molecular formula is C23H30O2. The average molecular weight is 338 g/mol. The molecule has 25 heavy (non-hydrogen) atoms.